The molecule has 0 atom stereocenters. The van der Waals surface area contributed by atoms with Crippen molar-refractivity contribution in [3.8, 4) is 0 Å². The summed E-state index contributed by atoms with van der Waals surface area (Å²) < 4.78 is 1.06. The molecule has 2 aromatic heterocycles. The molecule has 0 unspecified atom stereocenters. The van der Waals surface area contributed by atoms with Crippen molar-refractivity contribution in [2.75, 3.05) is 5.32 Å². The summed E-state index contributed by atoms with van der Waals surface area (Å²) in [5.41, 5.74) is 4.13. The Hall–Kier alpha value is -2.40. The molecule has 0 amide bonds. The number of imidazole rings is 1. The fourth-order valence-corrected chi connectivity index (χ4v) is 3.01. The van der Waals surface area contributed by atoms with Crippen molar-refractivity contribution in [2.24, 2.45) is 0 Å². The molecule has 0 saturated heterocycles. The summed E-state index contributed by atoms with van der Waals surface area (Å²) in [6.07, 6.45) is 1.82. The van der Waals surface area contributed by atoms with Gasteiger partial charge < -0.3 is 10.3 Å². The lowest BCUT2D eigenvalue weighted by molar-refractivity contribution is 1.10. The number of benzene rings is 2. The third kappa shape index (κ3) is 2.33. The fourth-order valence-electron chi connectivity index (χ4n) is 2.55. The molecule has 2 heterocycles. The summed E-state index contributed by atoms with van der Waals surface area (Å²) in [5.74, 6) is 0.771. The maximum Gasteiger partial charge on any atom is 0.201 e. The van der Waals surface area contributed by atoms with E-state index in [1.54, 1.807) is 0 Å². The van der Waals surface area contributed by atoms with Crippen LogP contribution in [0.25, 0.3) is 21.9 Å². The monoisotopic (exact) mass is 352 g/mol. The third-order valence-corrected chi connectivity index (χ3v) is 4.33. The van der Waals surface area contributed by atoms with E-state index >= 15 is 0 Å². The molecule has 4 nitrogen and oxygen atoms in total. The molecule has 0 fully saturated rings. The summed E-state index contributed by atoms with van der Waals surface area (Å²) in [6, 6.07) is 16.1. The normalized spacial score (nSPS) is 11.1. The van der Waals surface area contributed by atoms with Crippen molar-refractivity contribution < 1.29 is 0 Å². The molecule has 0 spiro atoms. The van der Waals surface area contributed by atoms with E-state index in [-0.39, 0.29) is 0 Å². The van der Waals surface area contributed by atoms with E-state index in [1.165, 1.54) is 0 Å². The second-order valence-electron chi connectivity index (χ2n) is 5.06. The molecule has 2 aromatic carbocycles. The fraction of sp³-hybridized carbons (Fsp3) is 0.0588. The molecule has 4 aromatic rings. The van der Waals surface area contributed by atoms with E-state index in [0.717, 1.165) is 37.9 Å². The van der Waals surface area contributed by atoms with E-state index in [2.05, 4.69) is 54.4 Å². The molecule has 0 radical (unpaired) electrons. The summed E-state index contributed by atoms with van der Waals surface area (Å²) in [4.78, 5) is 12.3. The van der Waals surface area contributed by atoms with Crippen molar-refractivity contribution >= 4 is 43.8 Å². The minimum Gasteiger partial charge on any atom is -0.352 e. The van der Waals surface area contributed by atoms with E-state index < -0.39 is 0 Å². The summed E-state index contributed by atoms with van der Waals surface area (Å²) in [5, 5.41) is 4.46. The number of hydrogen-bond donors (Lipinski definition) is 2. The molecule has 108 valence electrons. The molecule has 0 saturated carbocycles. The van der Waals surface area contributed by atoms with Crippen LogP contribution in [0.5, 0.6) is 0 Å². The maximum atomic E-state index is 4.53. The first-order valence-corrected chi connectivity index (χ1v) is 7.81. The average molecular weight is 353 g/mol. The predicted molar refractivity (Wildman–Crippen MR) is 92.9 cm³/mol. The summed E-state index contributed by atoms with van der Waals surface area (Å²) in [7, 11) is 0. The second kappa shape index (κ2) is 5.42. The van der Waals surface area contributed by atoms with Crippen LogP contribution in [0.3, 0.4) is 0 Å². The van der Waals surface area contributed by atoms with Gasteiger partial charge in [0.1, 0.15) is 0 Å². The first-order chi connectivity index (χ1) is 10.8. The minimum absolute atomic E-state index is 0.667. The van der Waals surface area contributed by atoms with Crippen molar-refractivity contribution in [3.05, 3.63) is 64.8 Å². The third-order valence-electron chi connectivity index (χ3n) is 3.64. The number of para-hydroxylation sites is 2. The highest BCUT2D eigenvalue weighted by Gasteiger charge is 2.06. The van der Waals surface area contributed by atoms with Crippen molar-refractivity contribution in [1.82, 2.24) is 15.0 Å². The maximum absolute atomic E-state index is 4.53. The quantitative estimate of drug-likeness (QED) is 0.571. The van der Waals surface area contributed by atoms with Crippen LogP contribution in [0, 0.1) is 0 Å². The van der Waals surface area contributed by atoms with Gasteiger partial charge >= 0.3 is 0 Å². The zero-order valence-electron chi connectivity index (χ0n) is 11.7. The van der Waals surface area contributed by atoms with Crippen LogP contribution in [0.4, 0.5) is 5.95 Å². The van der Waals surface area contributed by atoms with E-state index in [0.29, 0.717) is 6.54 Å². The Labute approximate surface area is 135 Å². The summed E-state index contributed by atoms with van der Waals surface area (Å²) >= 11 is 3.57. The van der Waals surface area contributed by atoms with Crippen molar-refractivity contribution in [2.45, 2.75) is 6.54 Å². The van der Waals surface area contributed by atoms with E-state index in [9.17, 15) is 0 Å². The van der Waals surface area contributed by atoms with Gasteiger partial charge in [0.05, 0.1) is 16.6 Å². The van der Waals surface area contributed by atoms with Crippen LogP contribution in [0.15, 0.2) is 59.2 Å². The zero-order chi connectivity index (χ0) is 14.9. The number of H-pyrrole nitrogens is 1. The van der Waals surface area contributed by atoms with Crippen molar-refractivity contribution in [1.29, 1.82) is 0 Å². The lowest BCUT2D eigenvalue weighted by atomic mass is 10.1. The minimum atomic E-state index is 0.667. The van der Waals surface area contributed by atoms with Gasteiger partial charge in [-0.15, -0.1) is 0 Å². The first-order valence-electron chi connectivity index (χ1n) is 7.02. The van der Waals surface area contributed by atoms with Gasteiger partial charge in [-0.25, -0.2) is 4.98 Å². The first kappa shape index (κ1) is 13.3. The van der Waals surface area contributed by atoms with Crippen LogP contribution in [0.2, 0.25) is 0 Å². The Bertz CT molecular complexity index is 928. The van der Waals surface area contributed by atoms with E-state index in [1.807, 2.05) is 36.5 Å². The Balaban J connectivity index is 1.65. The highest BCUT2D eigenvalue weighted by Crippen LogP contribution is 2.25. The lowest BCUT2D eigenvalue weighted by Gasteiger charge is -2.08. The van der Waals surface area contributed by atoms with Crippen LogP contribution >= 0.6 is 15.9 Å². The van der Waals surface area contributed by atoms with Crippen LogP contribution in [-0.2, 0) is 6.54 Å². The molecular weight excluding hydrogens is 340 g/mol. The number of hydrogen-bond acceptors (Lipinski definition) is 3. The second-order valence-corrected chi connectivity index (χ2v) is 5.92. The standard InChI is InChI=1S/C17H13BrN4/c18-13-8-7-11(16-12(13)4-3-9-19-16)10-20-17-21-14-5-1-2-6-15(14)22-17/h1-9H,10H2,(H2,20,21,22). The summed E-state index contributed by atoms with van der Waals surface area (Å²) in [6.45, 7) is 0.667. The van der Waals surface area contributed by atoms with Gasteiger partial charge in [-0.1, -0.05) is 40.2 Å². The Morgan fingerprint density at radius 3 is 2.86 bits per heavy atom. The molecule has 0 aliphatic heterocycles. The van der Waals surface area contributed by atoms with Crippen LogP contribution in [-0.4, -0.2) is 15.0 Å². The Morgan fingerprint density at radius 2 is 1.95 bits per heavy atom. The molecule has 0 aliphatic carbocycles. The van der Waals surface area contributed by atoms with E-state index in [4.69, 9.17) is 0 Å². The smallest absolute Gasteiger partial charge is 0.201 e. The van der Waals surface area contributed by atoms with Gasteiger partial charge in [0.25, 0.3) is 0 Å². The Morgan fingerprint density at radius 1 is 1.05 bits per heavy atom. The van der Waals surface area contributed by atoms with Crippen LogP contribution in [0.1, 0.15) is 5.56 Å². The zero-order valence-corrected chi connectivity index (χ0v) is 13.3. The van der Waals surface area contributed by atoms with Gasteiger partial charge in [0, 0.05) is 22.6 Å². The van der Waals surface area contributed by atoms with Gasteiger partial charge in [0.2, 0.25) is 5.95 Å². The molecular formula is C17H13BrN4. The number of pyridine rings is 1. The largest absolute Gasteiger partial charge is 0.352 e. The number of nitrogens with one attached hydrogen (secondary N) is 2. The molecule has 0 bridgehead atoms. The lowest BCUT2D eigenvalue weighted by Crippen LogP contribution is -2.02. The predicted octanol–water partition coefficient (Wildman–Crippen LogP) is 4.49. The molecule has 0 aliphatic rings. The molecule has 22 heavy (non-hydrogen) atoms. The molecule has 4 rings (SSSR count). The number of aromatic amines is 1. The number of aromatic nitrogens is 3. The molecule has 5 heteroatoms. The van der Waals surface area contributed by atoms with Gasteiger partial charge in [0.15, 0.2) is 0 Å². The Kier molecular flexibility index (Phi) is 3.27. The number of rotatable bonds is 3. The highest BCUT2D eigenvalue weighted by atomic mass is 79.9. The van der Waals surface area contributed by atoms with Crippen LogP contribution < -0.4 is 5.32 Å². The highest BCUT2D eigenvalue weighted by molar-refractivity contribution is 9.10. The van der Waals surface area contributed by atoms with Crippen molar-refractivity contribution in [3.63, 3.8) is 0 Å². The molecule has 2 N–H and O–H groups in total. The SMILES string of the molecule is Brc1ccc(CNc2nc3ccccc3[nH]2)c2ncccc12. The van der Waals surface area contributed by atoms with Gasteiger partial charge in [-0.2, -0.15) is 0 Å². The van der Waals surface area contributed by atoms with Gasteiger partial charge in [-0.3, -0.25) is 4.98 Å². The number of nitrogens with zero attached hydrogens (tertiary/aromatic N) is 2. The van der Waals surface area contributed by atoms with Gasteiger partial charge in [-0.05, 0) is 29.8 Å². The number of fused-ring (bicyclic) bond motifs is 2. The number of anilines is 1. The average Bonchev–Trinajstić information content (AvgIpc) is 2.97. The number of halogens is 1. The topological polar surface area (TPSA) is 53.6 Å².